The van der Waals surface area contributed by atoms with Crippen LogP contribution in [0.25, 0.3) is 0 Å². The van der Waals surface area contributed by atoms with Gasteiger partial charge < -0.3 is 10.2 Å². The zero-order chi connectivity index (χ0) is 33.7. The highest BCUT2D eigenvalue weighted by Gasteiger charge is 2.38. The van der Waals surface area contributed by atoms with Crippen molar-refractivity contribution >= 4 is 39.3 Å². The lowest BCUT2D eigenvalue weighted by Crippen LogP contribution is -2.40. The van der Waals surface area contributed by atoms with Crippen molar-refractivity contribution in [1.29, 1.82) is 0 Å². The average Bonchev–Trinajstić information content (AvgIpc) is 2.97. The van der Waals surface area contributed by atoms with E-state index in [1.165, 1.54) is 31.3 Å². The van der Waals surface area contributed by atoms with Crippen molar-refractivity contribution in [3.63, 3.8) is 0 Å². The molecule has 0 radical (unpaired) electrons. The Morgan fingerprint density at radius 3 is 1.87 bits per heavy atom. The maximum Gasteiger partial charge on any atom is 0.416 e. The quantitative estimate of drug-likeness (QED) is 0.267. The fourth-order valence-electron chi connectivity index (χ4n) is 4.26. The van der Waals surface area contributed by atoms with Crippen LogP contribution >= 0.6 is 11.6 Å². The van der Waals surface area contributed by atoms with E-state index in [0.717, 1.165) is 24.1 Å². The summed E-state index contributed by atoms with van der Waals surface area (Å²) >= 11 is 5.91. The highest BCUT2D eigenvalue weighted by atomic mass is 35.5. The molecule has 3 aromatic carbocycles. The van der Waals surface area contributed by atoms with Crippen molar-refractivity contribution in [3.05, 3.63) is 99.6 Å². The largest absolute Gasteiger partial charge is 0.416 e. The van der Waals surface area contributed by atoms with Crippen LogP contribution in [-0.2, 0) is 33.6 Å². The predicted molar refractivity (Wildman–Crippen MR) is 152 cm³/mol. The number of amides is 3. The van der Waals surface area contributed by atoms with E-state index in [0.29, 0.717) is 22.7 Å². The molecule has 45 heavy (non-hydrogen) atoms. The van der Waals surface area contributed by atoms with Gasteiger partial charge in [0.05, 0.1) is 16.0 Å². The molecule has 16 heteroatoms. The molecular weight excluding hydrogens is 652 g/mol. The summed E-state index contributed by atoms with van der Waals surface area (Å²) in [6.07, 6.45) is -11.1. The number of likely N-dealkylation sites (N-methyl/N-ethyl adjacent to an activating group) is 1. The minimum Gasteiger partial charge on any atom is -0.355 e. The standard InChI is InChI=1S/C29H26ClF6N3O5S/c1-37-26(41)18-5-10-24(11-6-18)45(43,44)38-25(40)12-9-23(13-17-3-7-22(30)8-4-17)39(2)27(42)19-14-20(28(31,32)33)16-21(15-19)29(34,35)36/h3-8,10-11,14-16,23H,9,12-13H2,1-2H3,(H,37,41)(H,38,40). The summed E-state index contributed by atoms with van der Waals surface area (Å²) in [6.45, 7) is 0. The van der Waals surface area contributed by atoms with Gasteiger partial charge in [-0.15, -0.1) is 0 Å². The van der Waals surface area contributed by atoms with Crippen LogP contribution in [0.1, 0.15) is 50.2 Å². The number of carbonyl (C=O) groups excluding carboxylic acids is 3. The van der Waals surface area contributed by atoms with Crippen LogP contribution in [0.4, 0.5) is 26.3 Å². The number of alkyl halides is 6. The average molecular weight is 678 g/mol. The second-order valence-electron chi connectivity index (χ2n) is 9.87. The molecule has 3 rings (SSSR count). The number of nitrogens with one attached hydrogen (secondary N) is 2. The number of hydrogen-bond acceptors (Lipinski definition) is 5. The first-order valence-electron chi connectivity index (χ1n) is 13.0. The second-order valence-corrected chi connectivity index (χ2v) is 12.0. The zero-order valence-electron chi connectivity index (χ0n) is 23.6. The van der Waals surface area contributed by atoms with E-state index in [1.54, 1.807) is 12.1 Å². The molecule has 0 aliphatic carbocycles. The van der Waals surface area contributed by atoms with Crippen LogP contribution in [0.5, 0.6) is 0 Å². The molecule has 0 aliphatic rings. The Morgan fingerprint density at radius 1 is 0.844 bits per heavy atom. The number of benzene rings is 3. The fourth-order valence-corrected chi connectivity index (χ4v) is 5.40. The van der Waals surface area contributed by atoms with Gasteiger partial charge in [0.25, 0.3) is 21.8 Å². The van der Waals surface area contributed by atoms with Crippen molar-refractivity contribution in [2.45, 2.75) is 42.6 Å². The van der Waals surface area contributed by atoms with Gasteiger partial charge in [0.1, 0.15) is 0 Å². The Kier molecular flexibility index (Phi) is 10.9. The Labute approximate surface area is 259 Å². The molecule has 8 nitrogen and oxygen atoms in total. The van der Waals surface area contributed by atoms with Gasteiger partial charge >= 0.3 is 12.4 Å². The van der Waals surface area contributed by atoms with Crippen molar-refractivity contribution in [2.24, 2.45) is 0 Å². The molecule has 0 aromatic heterocycles. The monoisotopic (exact) mass is 677 g/mol. The molecule has 1 unspecified atom stereocenters. The van der Waals surface area contributed by atoms with Crippen molar-refractivity contribution in [2.75, 3.05) is 14.1 Å². The summed E-state index contributed by atoms with van der Waals surface area (Å²) in [5, 5.41) is 2.74. The number of carbonyl (C=O) groups is 3. The molecule has 0 bridgehead atoms. The van der Waals surface area contributed by atoms with Crippen molar-refractivity contribution < 1.29 is 49.1 Å². The number of sulfonamides is 1. The molecular formula is C29H26ClF6N3O5S. The van der Waals surface area contributed by atoms with Crippen molar-refractivity contribution in [1.82, 2.24) is 14.9 Å². The van der Waals surface area contributed by atoms with Gasteiger partial charge in [0.2, 0.25) is 5.91 Å². The first-order chi connectivity index (χ1) is 20.8. The van der Waals surface area contributed by atoms with Crippen LogP contribution in [0.2, 0.25) is 5.02 Å². The lowest BCUT2D eigenvalue weighted by molar-refractivity contribution is -0.143. The normalized spacial score (nSPS) is 12.7. The third-order valence-corrected chi connectivity index (χ3v) is 8.34. The summed E-state index contributed by atoms with van der Waals surface area (Å²) in [5.41, 5.74) is -3.49. The van der Waals surface area contributed by atoms with Crippen LogP contribution in [0.15, 0.2) is 71.6 Å². The third-order valence-electron chi connectivity index (χ3n) is 6.69. The molecule has 3 aromatic rings. The molecule has 1 atom stereocenters. The van der Waals surface area contributed by atoms with Gasteiger partial charge in [-0.2, -0.15) is 26.3 Å². The topological polar surface area (TPSA) is 113 Å². The predicted octanol–water partition coefficient (Wildman–Crippen LogP) is 5.71. The smallest absolute Gasteiger partial charge is 0.355 e. The summed E-state index contributed by atoms with van der Waals surface area (Å²) in [7, 11) is -1.84. The Hall–Kier alpha value is -4.11. The summed E-state index contributed by atoms with van der Waals surface area (Å²) in [4.78, 5) is 38.3. The highest BCUT2D eigenvalue weighted by Crippen LogP contribution is 2.36. The summed E-state index contributed by atoms with van der Waals surface area (Å²) in [6, 6.07) is 10.4. The molecule has 0 saturated carbocycles. The van der Waals surface area contributed by atoms with Crippen molar-refractivity contribution in [3.8, 4) is 0 Å². The number of halogens is 7. The van der Waals surface area contributed by atoms with E-state index in [4.69, 9.17) is 11.6 Å². The van der Waals surface area contributed by atoms with Crippen LogP contribution < -0.4 is 10.0 Å². The minimum absolute atomic E-state index is 0.00845. The first kappa shape index (κ1) is 35.4. The maximum atomic E-state index is 13.4. The van der Waals surface area contributed by atoms with Gasteiger partial charge in [-0.1, -0.05) is 23.7 Å². The number of hydrogen-bond donors (Lipinski definition) is 2. The molecule has 0 heterocycles. The Balaban J connectivity index is 1.86. The highest BCUT2D eigenvalue weighted by molar-refractivity contribution is 7.90. The second kappa shape index (κ2) is 13.9. The first-order valence-corrected chi connectivity index (χ1v) is 14.9. The molecule has 0 aliphatic heterocycles. The van der Waals surface area contributed by atoms with Crippen LogP contribution in [0.3, 0.4) is 0 Å². The van der Waals surface area contributed by atoms with Gasteiger partial charge in [-0.05, 0) is 73.0 Å². The Bertz CT molecular complexity index is 1630. The minimum atomic E-state index is -5.18. The third kappa shape index (κ3) is 9.44. The van der Waals surface area contributed by atoms with Crippen LogP contribution in [-0.4, -0.2) is 51.2 Å². The SMILES string of the molecule is CNC(=O)c1ccc(S(=O)(=O)NC(=O)CCC(Cc2ccc(Cl)cc2)N(C)C(=O)c2cc(C(F)(F)F)cc(C(F)(F)F)c2)cc1. The zero-order valence-corrected chi connectivity index (χ0v) is 25.2. The fraction of sp³-hybridized carbons (Fsp3) is 0.276. The summed E-state index contributed by atoms with van der Waals surface area (Å²) in [5.74, 6) is -2.64. The van der Waals surface area contributed by atoms with Gasteiger partial charge in [-0.3, -0.25) is 14.4 Å². The van der Waals surface area contributed by atoms with E-state index in [-0.39, 0.29) is 29.4 Å². The maximum absolute atomic E-state index is 13.4. The lowest BCUT2D eigenvalue weighted by atomic mass is 9.98. The van der Waals surface area contributed by atoms with Crippen LogP contribution in [0, 0.1) is 0 Å². The van der Waals surface area contributed by atoms with Gasteiger partial charge in [0.15, 0.2) is 0 Å². The van der Waals surface area contributed by atoms with E-state index in [9.17, 15) is 49.1 Å². The van der Waals surface area contributed by atoms with E-state index in [1.807, 2.05) is 4.72 Å². The number of rotatable bonds is 10. The molecule has 0 saturated heterocycles. The molecule has 242 valence electrons. The van der Waals surface area contributed by atoms with E-state index in [2.05, 4.69) is 5.32 Å². The molecule has 0 fully saturated rings. The molecule has 0 spiro atoms. The lowest BCUT2D eigenvalue weighted by Gasteiger charge is -2.29. The Morgan fingerprint density at radius 2 is 1.38 bits per heavy atom. The molecule has 2 N–H and O–H groups in total. The van der Waals surface area contributed by atoms with Gasteiger partial charge in [-0.25, -0.2) is 13.1 Å². The summed E-state index contributed by atoms with van der Waals surface area (Å²) < 4.78 is 108. The number of nitrogens with zero attached hydrogens (tertiary/aromatic N) is 1. The van der Waals surface area contributed by atoms with E-state index >= 15 is 0 Å². The van der Waals surface area contributed by atoms with Gasteiger partial charge in [0, 0.05) is 42.7 Å². The molecule has 3 amide bonds. The van der Waals surface area contributed by atoms with E-state index < -0.39 is 69.3 Å².